The number of ether oxygens (including phenoxy) is 1. The molecular weight excluding hydrogens is 382 g/mol. The zero-order valence-corrected chi connectivity index (χ0v) is 17.2. The van der Waals surface area contributed by atoms with E-state index in [1.165, 1.54) is 6.21 Å². The van der Waals surface area contributed by atoms with Gasteiger partial charge >= 0.3 is 0 Å². The topological polar surface area (TPSA) is 103 Å². The zero-order chi connectivity index (χ0) is 21.5. The van der Waals surface area contributed by atoms with E-state index in [0.717, 1.165) is 30.1 Å². The fraction of sp³-hybridized carbons (Fsp3) is 0.227. The molecule has 1 heterocycles. The van der Waals surface area contributed by atoms with Gasteiger partial charge in [0.05, 0.1) is 19.0 Å². The SMILES string of the molecule is CCN(CC)c1ccc(/C=N/NC(=O)c2cc(-c3ccc(OC)cc3)n[nH]2)c(O)c1. The van der Waals surface area contributed by atoms with Crippen molar-refractivity contribution in [1.29, 1.82) is 0 Å². The lowest BCUT2D eigenvalue weighted by molar-refractivity contribution is 0.0950. The molecule has 0 atom stereocenters. The van der Waals surface area contributed by atoms with Crippen LogP contribution in [0.15, 0.2) is 53.6 Å². The molecule has 8 nitrogen and oxygen atoms in total. The summed E-state index contributed by atoms with van der Waals surface area (Å²) in [6.07, 6.45) is 1.40. The minimum atomic E-state index is -0.433. The highest BCUT2D eigenvalue weighted by Crippen LogP contribution is 2.24. The van der Waals surface area contributed by atoms with Crippen molar-refractivity contribution in [3.05, 3.63) is 59.8 Å². The largest absolute Gasteiger partial charge is 0.507 e. The van der Waals surface area contributed by atoms with Gasteiger partial charge in [-0.05, 0) is 56.3 Å². The minimum absolute atomic E-state index is 0.0979. The molecule has 3 aromatic rings. The molecule has 0 fully saturated rings. The van der Waals surface area contributed by atoms with Gasteiger partial charge in [-0.15, -0.1) is 0 Å². The van der Waals surface area contributed by atoms with Gasteiger partial charge in [0.15, 0.2) is 0 Å². The van der Waals surface area contributed by atoms with Crippen LogP contribution in [0.25, 0.3) is 11.3 Å². The van der Waals surface area contributed by atoms with Crippen molar-refractivity contribution in [1.82, 2.24) is 15.6 Å². The van der Waals surface area contributed by atoms with Crippen molar-refractivity contribution >= 4 is 17.8 Å². The number of methoxy groups -OCH3 is 1. The second-order valence-electron chi connectivity index (χ2n) is 6.51. The van der Waals surface area contributed by atoms with Crippen LogP contribution in [0.1, 0.15) is 29.9 Å². The lowest BCUT2D eigenvalue weighted by atomic mass is 10.1. The van der Waals surface area contributed by atoms with Gasteiger partial charge in [-0.2, -0.15) is 10.2 Å². The van der Waals surface area contributed by atoms with E-state index in [-0.39, 0.29) is 11.4 Å². The van der Waals surface area contributed by atoms with Gasteiger partial charge in [-0.25, -0.2) is 5.43 Å². The Morgan fingerprint density at radius 2 is 1.93 bits per heavy atom. The Hall–Kier alpha value is -3.81. The molecule has 0 aliphatic rings. The maximum Gasteiger partial charge on any atom is 0.289 e. The molecule has 0 aliphatic heterocycles. The predicted octanol–water partition coefficient (Wildman–Crippen LogP) is 3.40. The highest BCUT2D eigenvalue weighted by molar-refractivity contribution is 5.94. The molecule has 3 N–H and O–H groups in total. The number of amides is 1. The van der Waals surface area contributed by atoms with Crippen LogP contribution in [0.2, 0.25) is 0 Å². The third-order valence-corrected chi connectivity index (χ3v) is 4.72. The first-order valence-electron chi connectivity index (χ1n) is 9.66. The fourth-order valence-corrected chi connectivity index (χ4v) is 3.00. The Balaban J connectivity index is 1.64. The number of aromatic hydroxyl groups is 1. The number of nitrogens with one attached hydrogen (secondary N) is 2. The van der Waals surface area contributed by atoms with E-state index < -0.39 is 5.91 Å². The highest BCUT2D eigenvalue weighted by Gasteiger charge is 2.11. The van der Waals surface area contributed by atoms with Crippen LogP contribution in [-0.2, 0) is 0 Å². The summed E-state index contributed by atoms with van der Waals surface area (Å²) < 4.78 is 5.14. The summed E-state index contributed by atoms with van der Waals surface area (Å²) >= 11 is 0. The van der Waals surface area contributed by atoms with Crippen molar-refractivity contribution < 1.29 is 14.6 Å². The van der Waals surface area contributed by atoms with E-state index >= 15 is 0 Å². The van der Waals surface area contributed by atoms with Crippen LogP contribution < -0.4 is 15.1 Å². The number of phenolic OH excluding ortho intramolecular Hbond substituents is 1. The molecule has 0 bridgehead atoms. The second kappa shape index (κ2) is 9.60. The summed E-state index contributed by atoms with van der Waals surface area (Å²) in [7, 11) is 1.60. The van der Waals surface area contributed by atoms with Crippen LogP contribution in [0.5, 0.6) is 11.5 Å². The second-order valence-corrected chi connectivity index (χ2v) is 6.51. The maximum atomic E-state index is 12.3. The zero-order valence-electron chi connectivity index (χ0n) is 17.2. The monoisotopic (exact) mass is 407 g/mol. The quantitative estimate of drug-likeness (QED) is 0.392. The summed E-state index contributed by atoms with van der Waals surface area (Å²) in [6.45, 7) is 5.81. The van der Waals surface area contributed by atoms with Crippen molar-refractivity contribution in [2.24, 2.45) is 5.10 Å². The summed E-state index contributed by atoms with van der Waals surface area (Å²) in [5, 5.41) is 21.0. The molecule has 0 aliphatic carbocycles. The van der Waals surface area contributed by atoms with E-state index in [9.17, 15) is 9.90 Å². The lowest BCUT2D eigenvalue weighted by Crippen LogP contribution is -2.21. The average Bonchev–Trinajstić information content (AvgIpc) is 3.26. The van der Waals surface area contributed by atoms with E-state index in [0.29, 0.717) is 11.3 Å². The van der Waals surface area contributed by atoms with Crippen molar-refractivity contribution in [3.63, 3.8) is 0 Å². The Kier molecular flexibility index (Phi) is 6.69. The van der Waals surface area contributed by atoms with Gasteiger partial charge < -0.3 is 14.7 Å². The number of anilines is 1. The van der Waals surface area contributed by atoms with Gasteiger partial charge in [-0.1, -0.05) is 0 Å². The molecule has 1 aromatic heterocycles. The molecule has 2 aromatic carbocycles. The molecule has 3 rings (SSSR count). The minimum Gasteiger partial charge on any atom is -0.507 e. The summed E-state index contributed by atoms with van der Waals surface area (Å²) in [5.74, 6) is 0.411. The number of hydrazone groups is 1. The predicted molar refractivity (Wildman–Crippen MR) is 117 cm³/mol. The molecular formula is C22H25N5O3. The standard InChI is InChI=1S/C22H25N5O3/c1-4-27(5-2)17-9-6-16(21(28)12-17)14-23-26-22(29)20-13-19(24-25-20)15-7-10-18(30-3)11-8-15/h6-14,28H,4-5H2,1-3H3,(H,24,25)(H,26,29)/b23-14+. The molecule has 8 heteroatoms. The van der Waals surface area contributed by atoms with Crippen LogP contribution in [-0.4, -0.2) is 47.6 Å². The number of hydrogen-bond donors (Lipinski definition) is 3. The van der Waals surface area contributed by atoms with E-state index in [1.54, 1.807) is 25.3 Å². The molecule has 1 amide bonds. The molecule has 0 saturated carbocycles. The van der Waals surface area contributed by atoms with E-state index in [4.69, 9.17) is 4.74 Å². The number of hydrogen-bond acceptors (Lipinski definition) is 6. The van der Waals surface area contributed by atoms with Crippen molar-refractivity contribution in [2.75, 3.05) is 25.1 Å². The molecule has 0 spiro atoms. The van der Waals surface area contributed by atoms with Gasteiger partial charge in [0, 0.05) is 36.0 Å². The number of nitrogens with zero attached hydrogens (tertiary/aromatic N) is 3. The number of carbonyl (C=O) groups is 1. The van der Waals surface area contributed by atoms with E-state index in [2.05, 4.69) is 39.5 Å². The summed E-state index contributed by atoms with van der Waals surface area (Å²) in [5.41, 5.74) is 5.64. The first-order valence-corrected chi connectivity index (χ1v) is 9.66. The molecule has 0 unspecified atom stereocenters. The van der Waals surface area contributed by atoms with Gasteiger partial charge in [0.2, 0.25) is 0 Å². The number of benzene rings is 2. The Morgan fingerprint density at radius 1 is 1.20 bits per heavy atom. The number of aromatic nitrogens is 2. The molecule has 0 radical (unpaired) electrons. The highest BCUT2D eigenvalue weighted by atomic mass is 16.5. The van der Waals surface area contributed by atoms with Crippen molar-refractivity contribution in [3.8, 4) is 22.8 Å². The van der Waals surface area contributed by atoms with E-state index in [1.807, 2.05) is 30.3 Å². The fourth-order valence-electron chi connectivity index (χ4n) is 3.00. The third kappa shape index (κ3) is 4.78. The number of aromatic amines is 1. The van der Waals surface area contributed by atoms with Crippen LogP contribution in [0.3, 0.4) is 0 Å². The van der Waals surface area contributed by atoms with Crippen LogP contribution in [0, 0.1) is 0 Å². The smallest absolute Gasteiger partial charge is 0.289 e. The normalized spacial score (nSPS) is 10.9. The van der Waals surface area contributed by atoms with Crippen LogP contribution in [0.4, 0.5) is 5.69 Å². The Morgan fingerprint density at radius 3 is 2.57 bits per heavy atom. The Bertz CT molecular complexity index is 1020. The van der Waals surface area contributed by atoms with Crippen LogP contribution >= 0.6 is 0 Å². The lowest BCUT2D eigenvalue weighted by Gasteiger charge is -2.21. The number of phenols is 1. The third-order valence-electron chi connectivity index (χ3n) is 4.72. The number of H-pyrrole nitrogens is 1. The maximum absolute atomic E-state index is 12.3. The first-order chi connectivity index (χ1) is 14.5. The Labute approximate surface area is 175 Å². The average molecular weight is 407 g/mol. The molecule has 30 heavy (non-hydrogen) atoms. The van der Waals surface area contributed by atoms with Gasteiger partial charge in [0.1, 0.15) is 17.2 Å². The number of rotatable bonds is 8. The van der Waals surface area contributed by atoms with Gasteiger partial charge in [-0.3, -0.25) is 9.89 Å². The first kappa shape index (κ1) is 20.9. The molecule has 156 valence electrons. The van der Waals surface area contributed by atoms with Gasteiger partial charge in [0.25, 0.3) is 5.91 Å². The van der Waals surface area contributed by atoms with Crippen molar-refractivity contribution in [2.45, 2.75) is 13.8 Å². The summed E-state index contributed by atoms with van der Waals surface area (Å²) in [6, 6.07) is 14.4. The number of carbonyl (C=O) groups excluding carboxylic acids is 1. The summed E-state index contributed by atoms with van der Waals surface area (Å²) in [4.78, 5) is 14.4. The molecule has 0 saturated heterocycles.